The molecule has 6 nitrogen and oxygen atoms in total. The predicted molar refractivity (Wildman–Crippen MR) is 101 cm³/mol. The van der Waals surface area contributed by atoms with E-state index in [2.05, 4.69) is 3.77 Å². The SMILES string of the molecule is CS(=O)(=O)N=S(=O)(CF)c1ccc(Oc2cc(F)cc(Cl)c2)c2c1[C@H](O)C(F)(F)C2. The molecular weight excluding hydrogens is 474 g/mol. The summed E-state index contributed by atoms with van der Waals surface area (Å²) in [5.41, 5.74) is -0.981. The third-order valence-corrected chi connectivity index (χ3v) is 7.77. The van der Waals surface area contributed by atoms with E-state index in [1.54, 1.807) is 0 Å². The molecule has 2 atom stereocenters. The Kier molecular flexibility index (Phi) is 5.82. The van der Waals surface area contributed by atoms with E-state index < -0.39 is 60.5 Å². The zero-order valence-electron chi connectivity index (χ0n) is 15.1. The van der Waals surface area contributed by atoms with Gasteiger partial charge in [-0.15, -0.1) is 3.77 Å². The van der Waals surface area contributed by atoms with Crippen LogP contribution in [0.5, 0.6) is 11.5 Å². The van der Waals surface area contributed by atoms with Crippen molar-refractivity contribution >= 4 is 31.4 Å². The molecular formula is C17H14ClF4NO5S2. The maximum atomic E-state index is 14.3. The van der Waals surface area contributed by atoms with E-state index in [9.17, 15) is 35.3 Å². The number of rotatable bonds is 5. The number of fused-ring (bicyclic) bond motifs is 1. The minimum Gasteiger partial charge on any atom is -0.457 e. The molecule has 1 aliphatic carbocycles. The first kappa shape index (κ1) is 22.8. The first-order chi connectivity index (χ1) is 13.8. The smallest absolute Gasteiger partial charge is 0.281 e. The van der Waals surface area contributed by atoms with E-state index in [1.807, 2.05) is 0 Å². The Morgan fingerprint density at radius 1 is 1.27 bits per heavy atom. The molecule has 1 N–H and O–H groups in total. The summed E-state index contributed by atoms with van der Waals surface area (Å²) in [5.74, 6) is -4.90. The Labute approximate surface area is 174 Å². The van der Waals surface area contributed by atoms with E-state index >= 15 is 0 Å². The van der Waals surface area contributed by atoms with Gasteiger partial charge in [0.25, 0.3) is 15.9 Å². The van der Waals surface area contributed by atoms with Gasteiger partial charge in [-0.05, 0) is 24.3 Å². The van der Waals surface area contributed by atoms with Crippen molar-refractivity contribution in [2.75, 3.05) is 12.3 Å². The second kappa shape index (κ2) is 7.66. The van der Waals surface area contributed by atoms with Crippen molar-refractivity contribution in [1.82, 2.24) is 0 Å². The summed E-state index contributed by atoms with van der Waals surface area (Å²) in [6, 6.07) is 3.26. The number of benzene rings is 2. The van der Waals surface area contributed by atoms with Crippen molar-refractivity contribution in [3.05, 3.63) is 52.3 Å². The topological polar surface area (TPSA) is 93.0 Å². The summed E-state index contributed by atoms with van der Waals surface area (Å²) in [4.78, 5) is -0.681. The summed E-state index contributed by atoms with van der Waals surface area (Å²) in [6.07, 6.45) is -3.01. The number of aliphatic hydroxyl groups is 1. The molecule has 164 valence electrons. The van der Waals surface area contributed by atoms with Gasteiger partial charge in [0.05, 0.1) is 11.2 Å². The number of nitrogens with zero attached hydrogens (tertiary/aromatic N) is 1. The van der Waals surface area contributed by atoms with Gasteiger partial charge < -0.3 is 9.84 Å². The van der Waals surface area contributed by atoms with Gasteiger partial charge in [0.15, 0.2) is 6.01 Å². The van der Waals surface area contributed by atoms with Crippen LogP contribution in [0, 0.1) is 5.82 Å². The molecule has 0 fully saturated rings. The molecule has 0 saturated carbocycles. The molecule has 3 rings (SSSR count). The molecule has 30 heavy (non-hydrogen) atoms. The fraction of sp³-hybridized carbons (Fsp3) is 0.294. The maximum Gasteiger partial charge on any atom is 0.281 e. The van der Waals surface area contributed by atoms with Crippen LogP contribution in [0.3, 0.4) is 0 Å². The highest BCUT2D eigenvalue weighted by Crippen LogP contribution is 2.50. The van der Waals surface area contributed by atoms with Gasteiger partial charge in [0.2, 0.25) is 0 Å². The second-order valence-corrected chi connectivity index (χ2v) is 11.0. The van der Waals surface area contributed by atoms with E-state index in [1.165, 1.54) is 6.07 Å². The third kappa shape index (κ3) is 4.41. The molecule has 0 saturated heterocycles. The third-order valence-electron chi connectivity index (χ3n) is 4.17. The lowest BCUT2D eigenvalue weighted by Gasteiger charge is -2.17. The van der Waals surface area contributed by atoms with Gasteiger partial charge in [0.1, 0.15) is 33.1 Å². The van der Waals surface area contributed by atoms with Gasteiger partial charge in [-0.25, -0.2) is 30.2 Å². The zero-order chi connectivity index (χ0) is 22.5. The highest BCUT2D eigenvalue weighted by molar-refractivity contribution is 8.03. The summed E-state index contributed by atoms with van der Waals surface area (Å²) >= 11 is 5.74. The van der Waals surface area contributed by atoms with Gasteiger partial charge in [-0.2, -0.15) is 0 Å². The molecule has 1 aliphatic rings. The van der Waals surface area contributed by atoms with Crippen LogP contribution in [0.25, 0.3) is 0 Å². The average molecular weight is 488 g/mol. The molecule has 2 aromatic rings. The Balaban J connectivity index is 2.24. The predicted octanol–water partition coefficient (Wildman–Crippen LogP) is 4.21. The number of halogens is 5. The van der Waals surface area contributed by atoms with Crippen LogP contribution in [0.2, 0.25) is 5.02 Å². The molecule has 0 bridgehead atoms. The molecule has 2 aromatic carbocycles. The van der Waals surface area contributed by atoms with E-state index in [4.69, 9.17) is 16.3 Å². The first-order valence-corrected chi connectivity index (χ1v) is 12.0. The summed E-state index contributed by atoms with van der Waals surface area (Å²) in [7, 11) is -8.66. The number of hydrogen-bond donors (Lipinski definition) is 1. The summed E-state index contributed by atoms with van der Waals surface area (Å²) in [5, 5.41) is 10.1. The summed E-state index contributed by atoms with van der Waals surface area (Å²) in [6.45, 7) is 0. The van der Waals surface area contributed by atoms with E-state index in [0.717, 1.165) is 24.3 Å². The first-order valence-electron chi connectivity index (χ1n) is 8.13. The number of sulfonamides is 1. The van der Waals surface area contributed by atoms with E-state index in [-0.39, 0.29) is 22.1 Å². The fourth-order valence-corrected chi connectivity index (χ4v) is 6.49. The van der Waals surface area contributed by atoms with Crippen LogP contribution in [0.4, 0.5) is 17.6 Å². The second-order valence-electron chi connectivity index (χ2n) is 6.56. The molecule has 0 aromatic heterocycles. The maximum absolute atomic E-state index is 14.3. The van der Waals surface area contributed by atoms with Gasteiger partial charge in [-0.1, -0.05) is 11.6 Å². The van der Waals surface area contributed by atoms with Gasteiger partial charge in [-0.3, -0.25) is 0 Å². The van der Waals surface area contributed by atoms with Crippen molar-refractivity contribution in [3.63, 3.8) is 0 Å². The van der Waals surface area contributed by atoms with Gasteiger partial charge in [0, 0.05) is 28.6 Å². The normalized spacial score (nSPS) is 19.8. The van der Waals surface area contributed by atoms with Crippen molar-refractivity contribution < 1.29 is 40.0 Å². The highest BCUT2D eigenvalue weighted by Gasteiger charge is 2.50. The van der Waals surface area contributed by atoms with Crippen molar-refractivity contribution in [3.8, 4) is 11.5 Å². The van der Waals surface area contributed by atoms with Crippen LogP contribution in [0.15, 0.2) is 39.0 Å². The summed E-state index contributed by atoms with van der Waals surface area (Å²) < 4.78 is 99.9. The molecule has 0 radical (unpaired) electrons. The number of aliphatic hydroxyl groups excluding tert-OH is 1. The number of alkyl halides is 3. The zero-order valence-corrected chi connectivity index (χ0v) is 17.5. The Morgan fingerprint density at radius 3 is 2.50 bits per heavy atom. The molecule has 0 spiro atoms. The molecule has 0 heterocycles. The average Bonchev–Trinajstić information content (AvgIpc) is 2.83. The van der Waals surface area contributed by atoms with Crippen molar-refractivity contribution in [1.29, 1.82) is 0 Å². The van der Waals surface area contributed by atoms with Crippen LogP contribution < -0.4 is 4.74 Å². The van der Waals surface area contributed by atoms with Crippen molar-refractivity contribution in [2.45, 2.75) is 23.3 Å². The lowest BCUT2D eigenvalue weighted by Crippen LogP contribution is -2.22. The van der Waals surface area contributed by atoms with E-state index in [0.29, 0.717) is 6.26 Å². The highest BCUT2D eigenvalue weighted by atomic mass is 35.5. The Hall–Kier alpha value is -1.89. The van der Waals surface area contributed by atoms with Crippen molar-refractivity contribution in [2.24, 2.45) is 3.77 Å². The number of ether oxygens (including phenoxy) is 1. The molecule has 1 unspecified atom stereocenters. The quantitative estimate of drug-likeness (QED) is 0.638. The lowest BCUT2D eigenvalue weighted by atomic mass is 10.1. The largest absolute Gasteiger partial charge is 0.457 e. The van der Waals surface area contributed by atoms with Crippen LogP contribution in [-0.2, 0) is 26.2 Å². The molecule has 0 amide bonds. The van der Waals surface area contributed by atoms with Crippen LogP contribution in [-0.4, -0.2) is 35.9 Å². The monoisotopic (exact) mass is 487 g/mol. The lowest BCUT2D eigenvalue weighted by molar-refractivity contribution is -0.0976. The molecule has 13 heteroatoms. The standard InChI is InChI=1S/C17H14ClF4NO5S2/c1-29(25,26)23-30(27,8-19)14-3-2-13(12-7-17(21,22)16(24)15(12)14)28-11-5-9(18)4-10(20)6-11/h2-6,16,24H,7-8H2,1H3/t16-,30?/m0/s1. The minimum atomic E-state index is -4.33. The van der Waals surface area contributed by atoms with Crippen LogP contribution >= 0.6 is 11.6 Å². The van der Waals surface area contributed by atoms with Crippen LogP contribution in [0.1, 0.15) is 17.2 Å². The van der Waals surface area contributed by atoms with Gasteiger partial charge >= 0.3 is 0 Å². The minimum absolute atomic E-state index is 0.0315. The fourth-order valence-electron chi connectivity index (χ4n) is 3.07. The Morgan fingerprint density at radius 2 is 1.93 bits per heavy atom. The Bertz CT molecular complexity index is 1220. The number of hydrogen-bond acceptors (Lipinski definition) is 5. The molecule has 0 aliphatic heterocycles.